The van der Waals surface area contributed by atoms with Crippen molar-refractivity contribution in [2.45, 2.75) is 26.2 Å². The van der Waals surface area contributed by atoms with Crippen LogP contribution in [0.1, 0.15) is 36.5 Å². The van der Waals surface area contributed by atoms with Gasteiger partial charge < -0.3 is 16.0 Å². The molecule has 0 bridgehead atoms. The Labute approximate surface area is 184 Å². The van der Waals surface area contributed by atoms with Gasteiger partial charge in [-0.15, -0.1) is 24.8 Å². The van der Waals surface area contributed by atoms with Gasteiger partial charge in [-0.3, -0.25) is 14.6 Å². The summed E-state index contributed by atoms with van der Waals surface area (Å²) in [4.78, 5) is 28.5. The zero-order chi connectivity index (χ0) is 19.1. The van der Waals surface area contributed by atoms with Crippen molar-refractivity contribution < 1.29 is 9.59 Å². The highest BCUT2D eigenvalue weighted by atomic mass is 35.5. The molecule has 158 valence electrons. The number of anilines is 2. The summed E-state index contributed by atoms with van der Waals surface area (Å²) in [6.45, 7) is 4.24. The number of pyridine rings is 1. The molecule has 1 aromatic carbocycles. The minimum atomic E-state index is -0.208. The van der Waals surface area contributed by atoms with Crippen molar-refractivity contribution >= 4 is 48.0 Å². The first-order chi connectivity index (χ1) is 13.1. The van der Waals surface area contributed by atoms with Crippen molar-refractivity contribution in [2.75, 3.05) is 23.7 Å². The topological polar surface area (TPSA) is 83.1 Å². The van der Waals surface area contributed by atoms with Gasteiger partial charge in [0.1, 0.15) is 0 Å². The standard InChI is InChI=1S/C21H26N4O2.2ClH/c1-15(16-8-11-22-12-9-16)13-20(26)24-18-6-4-17(5-7-18)21(27)25-19-3-2-10-23-14-19;;/h2-7,10,14-16,22H,8-9,11-13H2,1H3,(H,24,26)(H,25,27);2*1H. The maximum Gasteiger partial charge on any atom is 0.255 e. The first-order valence-corrected chi connectivity index (χ1v) is 9.44. The number of benzene rings is 1. The van der Waals surface area contributed by atoms with Gasteiger partial charge in [0, 0.05) is 23.9 Å². The second-order valence-electron chi connectivity index (χ2n) is 7.09. The van der Waals surface area contributed by atoms with Gasteiger partial charge in [-0.1, -0.05) is 6.92 Å². The maximum absolute atomic E-state index is 12.3. The van der Waals surface area contributed by atoms with E-state index < -0.39 is 0 Å². The molecule has 1 aromatic heterocycles. The Morgan fingerprint density at radius 1 is 1.07 bits per heavy atom. The molecule has 1 aliphatic rings. The minimum Gasteiger partial charge on any atom is -0.326 e. The highest BCUT2D eigenvalue weighted by Gasteiger charge is 2.22. The van der Waals surface area contributed by atoms with Crippen LogP contribution >= 0.6 is 24.8 Å². The third kappa shape index (κ3) is 7.65. The van der Waals surface area contributed by atoms with Gasteiger partial charge in [-0.05, 0) is 74.2 Å². The van der Waals surface area contributed by atoms with Crippen molar-refractivity contribution in [3.8, 4) is 0 Å². The number of nitrogens with one attached hydrogen (secondary N) is 3. The van der Waals surface area contributed by atoms with E-state index in [1.807, 2.05) is 0 Å². The normalized spacial score (nSPS) is 14.7. The summed E-state index contributed by atoms with van der Waals surface area (Å²) in [6, 6.07) is 10.5. The van der Waals surface area contributed by atoms with Crippen molar-refractivity contribution in [1.29, 1.82) is 0 Å². The molecule has 1 fully saturated rings. The van der Waals surface area contributed by atoms with E-state index in [1.54, 1.807) is 48.8 Å². The van der Waals surface area contributed by atoms with Crippen molar-refractivity contribution in [3.05, 3.63) is 54.4 Å². The van der Waals surface area contributed by atoms with Gasteiger partial charge in [0.25, 0.3) is 5.91 Å². The Kier molecular flexibility index (Phi) is 10.7. The molecular weight excluding hydrogens is 411 g/mol. The molecule has 1 aliphatic heterocycles. The summed E-state index contributed by atoms with van der Waals surface area (Å²) in [5, 5.41) is 9.07. The van der Waals surface area contributed by atoms with Crippen LogP contribution in [0.3, 0.4) is 0 Å². The van der Waals surface area contributed by atoms with E-state index >= 15 is 0 Å². The number of aromatic nitrogens is 1. The second kappa shape index (κ2) is 12.4. The summed E-state index contributed by atoms with van der Waals surface area (Å²) in [7, 11) is 0. The molecule has 1 atom stereocenters. The van der Waals surface area contributed by atoms with Gasteiger partial charge in [0.2, 0.25) is 5.91 Å². The highest BCUT2D eigenvalue weighted by Crippen LogP contribution is 2.24. The first-order valence-electron chi connectivity index (χ1n) is 9.44. The Bertz CT molecular complexity index is 766. The highest BCUT2D eigenvalue weighted by molar-refractivity contribution is 6.04. The number of carbonyl (C=O) groups excluding carboxylic acids is 2. The Morgan fingerprint density at radius 2 is 1.76 bits per heavy atom. The van der Waals surface area contributed by atoms with Crippen molar-refractivity contribution in [2.24, 2.45) is 11.8 Å². The summed E-state index contributed by atoms with van der Waals surface area (Å²) in [6.07, 6.45) is 6.04. The predicted molar refractivity (Wildman–Crippen MR) is 121 cm³/mol. The van der Waals surface area contributed by atoms with Crippen LogP contribution in [-0.4, -0.2) is 29.9 Å². The van der Waals surface area contributed by atoms with Gasteiger partial charge in [-0.25, -0.2) is 0 Å². The van der Waals surface area contributed by atoms with E-state index in [0.29, 0.717) is 35.2 Å². The summed E-state index contributed by atoms with van der Waals surface area (Å²) in [5.74, 6) is 0.793. The number of amides is 2. The molecule has 0 saturated carbocycles. The third-order valence-corrected chi connectivity index (χ3v) is 5.05. The molecule has 29 heavy (non-hydrogen) atoms. The first kappa shape index (κ1) is 24.9. The maximum atomic E-state index is 12.3. The van der Waals surface area contributed by atoms with Crippen LogP contribution in [0.15, 0.2) is 48.8 Å². The number of piperidine rings is 1. The van der Waals surface area contributed by atoms with E-state index in [2.05, 4.69) is 27.9 Å². The fourth-order valence-electron chi connectivity index (χ4n) is 3.43. The van der Waals surface area contributed by atoms with Gasteiger partial charge in [0.15, 0.2) is 0 Å². The van der Waals surface area contributed by atoms with Crippen LogP contribution in [0.25, 0.3) is 0 Å². The van der Waals surface area contributed by atoms with Gasteiger partial charge >= 0.3 is 0 Å². The average Bonchev–Trinajstić information content (AvgIpc) is 2.70. The van der Waals surface area contributed by atoms with Crippen LogP contribution in [0.5, 0.6) is 0 Å². The number of nitrogens with zero attached hydrogens (tertiary/aromatic N) is 1. The Hall–Kier alpha value is -2.15. The summed E-state index contributed by atoms with van der Waals surface area (Å²) >= 11 is 0. The molecule has 0 radical (unpaired) electrons. The number of hydrogen-bond acceptors (Lipinski definition) is 4. The van der Waals surface area contributed by atoms with Crippen molar-refractivity contribution in [3.63, 3.8) is 0 Å². The quantitative estimate of drug-likeness (QED) is 0.632. The fraction of sp³-hybridized carbons (Fsp3) is 0.381. The van der Waals surface area contributed by atoms with Crippen LogP contribution in [0.4, 0.5) is 11.4 Å². The number of halogens is 2. The zero-order valence-electron chi connectivity index (χ0n) is 16.4. The zero-order valence-corrected chi connectivity index (χ0v) is 18.0. The fourth-order valence-corrected chi connectivity index (χ4v) is 3.43. The van der Waals surface area contributed by atoms with Crippen LogP contribution < -0.4 is 16.0 Å². The van der Waals surface area contributed by atoms with Crippen LogP contribution in [-0.2, 0) is 4.79 Å². The molecule has 2 amide bonds. The molecule has 2 heterocycles. The van der Waals surface area contributed by atoms with Crippen LogP contribution in [0.2, 0.25) is 0 Å². The van der Waals surface area contributed by atoms with E-state index in [9.17, 15) is 9.59 Å². The van der Waals surface area contributed by atoms with Gasteiger partial charge in [-0.2, -0.15) is 0 Å². The average molecular weight is 439 g/mol. The molecule has 0 spiro atoms. The third-order valence-electron chi connectivity index (χ3n) is 5.05. The minimum absolute atomic E-state index is 0. The van der Waals surface area contributed by atoms with E-state index in [0.717, 1.165) is 25.9 Å². The Balaban J connectivity index is 0.00000210. The van der Waals surface area contributed by atoms with E-state index in [-0.39, 0.29) is 36.6 Å². The van der Waals surface area contributed by atoms with Crippen molar-refractivity contribution in [1.82, 2.24) is 10.3 Å². The summed E-state index contributed by atoms with van der Waals surface area (Å²) in [5.41, 5.74) is 1.88. The molecule has 0 aliphatic carbocycles. The molecule has 3 rings (SSSR count). The van der Waals surface area contributed by atoms with Gasteiger partial charge in [0.05, 0.1) is 11.9 Å². The molecule has 2 aromatic rings. The molecule has 3 N–H and O–H groups in total. The lowest BCUT2D eigenvalue weighted by molar-refractivity contribution is -0.117. The molecule has 6 nitrogen and oxygen atoms in total. The largest absolute Gasteiger partial charge is 0.326 e. The molecule has 8 heteroatoms. The number of hydrogen-bond donors (Lipinski definition) is 3. The lowest BCUT2D eigenvalue weighted by atomic mass is 9.84. The lowest BCUT2D eigenvalue weighted by Gasteiger charge is -2.27. The van der Waals surface area contributed by atoms with E-state index in [4.69, 9.17) is 0 Å². The lowest BCUT2D eigenvalue weighted by Crippen LogP contribution is -2.32. The SMILES string of the molecule is CC(CC(=O)Nc1ccc(C(=O)Nc2cccnc2)cc1)C1CCNCC1.Cl.Cl. The Morgan fingerprint density at radius 3 is 2.38 bits per heavy atom. The smallest absolute Gasteiger partial charge is 0.255 e. The molecule has 1 unspecified atom stereocenters. The monoisotopic (exact) mass is 438 g/mol. The predicted octanol–water partition coefficient (Wildman–Crippen LogP) is 4.14. The molecule has 1 saturated heterocycles. The number of carbonyl (C=O) groups is 2. The summed E-state index contributed by atoms with van der Waals surface area (Å²) < 4.78 is 0. The second-order valence-corrected chi connectivity index (χ2v) is 7.09. The van der Waals surface area contributed by atoms with E-state index in [1.165, 1.54) is 0 Å². The van der Waals surface area contributed by atoms with Crippen LogP contribution in [0, 0.1) is 11.8 Å². The number of rotatable bonds is 6. The molecular formula is C21H28Cl2N4O2.